The van der Waals surface area contributed by atoms with Crippen molar-refractivity contribution in [1.29, 1.82) is 0 Å². The van der Waals surface area contributed by atoms with Gasteiger partial charge < -0.3 is 14.9 Å². The van der Waals surface area contributed by atoms with Gasteiger partial charge in [0.25, 0.3) is 0 Å². The summed E-state index contributed by atoms with van der Waals surface area (Å²) in [5.41, 5.74) is 1.09. The molecule has 2 aromatic rings. The van der Waals surface area contributed by atoms with Gasteiger partial charge in [-0.2, -0.15) is 0 Å². The zero-order valence-corrected chi connectivity index (χ0v) is 9.39. The highest BCUT2D eigenvalue weighted by atomic mass is 19.1. The number of benzene rings is 1. The molecule has 0 aliphatic carbocycles. The van der Waals surface area contributed by atoms with Gasteiger partial charge in [0.15, 0.2) is 0 Å². The second-order valence-corrected chi connectivity index (χ2v) is 3.71. The van der Waals surface area contributed by atoms with Crippen molar-refractivity contribution >= 4 is 5.97 Å². The fraction of sp³-hybridized carbons (Fsp3) is 0.167. The lowest BCUT2D eigenvalue weighted by Crippen LogP contribution is -2.13. The number of hydrogen-bond acceptors (Lipinski definition) is 4. The first-order valence-corrected chi connectivity index (χ1v) is 5.28. The lowest BCUT2D eigenvalue weighted by Gasteiger charge is -2.04. The first kappa shape index (κ1) is 12.3. The summed E-state index contributed by atoms with van der Waals surface area (Å²) in [6.45, 7) is 0.919. The Morgan fingerprint density at radius 1 is 1.39 bits per heavy atom. The van der Waals surface area contributed by atoms with Crippen LogP contribution in [-0.2, 0) is 13.1 Å². The largest absolute Gasteiger partial charge is 0.478 e. The molecule has 0 unspecified atom stereocenters. The van der Waals surface area contributed by atoms with E-state index in [-0.39, 0.29) is 5.56 Å². The van der Waals surface area contributed by atoms with Crippen molar-refractivity contribution in [1.82, 2.24) is 10.5 Å². The van der Waals surface area contributed by atoms with Crippen molar-refractivity contribution in [3.05, 3.63) is 53.2 Å². The predicted molar refractivity (Wildman–Crippen MR) is 60.4 cm³/mol. The standard InChI is InChI=1S/C12H11FN2O3/c13-11-5-8(1-2-10(11)12(16)17)6-14-7-9-3-4-18-15-9/h1-5,14H,6-7H2,(H,16,17). The Bertz CT molecular complexity index is 540. The first-order valence-electron chi connectivity index (χ1n) is 5.28. The van der Waals surface area contributed by atoms with E-state index in [0.717, 1.165) is 5.69 Å². The lowest BCUT2D eigenvalue weighted by atomic mass is 10.1. The fourth-order valence-electron chi connectivity index (χ4n) is 1.51. The first-order chi connectivity index (χ1) is 8.66. The third-order valence-corrected chi connectivity index (χ3v) is 2.39. The van der Waals surface area contributed by atoms with E-state index >= 15 is 0 Å². The zero-order chi connectivity index (χ0) is 13.0. The van der Waals surface area contributed by atoms with Gasteiger partial charge in [-0.1, -0.05) is 11.2 Å². The van der Waals surface area contributed by atoms with Gasteiger partial charge in [-0.3, -0.25) is 0 Å². The molecule has 5 nitrogen and oxygen atoms in total. The molecule has 0 fully saturated rings. The zero-order valence-electron chi connectivity index (χ0n) is 9.39. The van der Waals surface area contributed by atoms with Crippen LogP contribution in [0.1, 0.15) is 21.6 Å². The summed E-state index contributed by atoms with van der Waals surface area (Å²) < 4.78 is 18.0. The van der Waals surface area contributed by atoms with Crippen LogP contribution in [0.2, 0.25) is 0 Å². The van der Waals surface area contributed by atoms with Crippen molar-refractivity contribution in [2.75, 3.05) is 0 Å². The number of aromatic carboxylic acids is 1. The Morgan fingerprint density at radius 2 is 2.22 bits per heavy atom. The van der Waals surface area contributed by atoms with E-state index in [9.17, 15) is 9.18 Å². The summed E-state index contributed by atoms with van der Waals surface area (Å²) in [5, 5.41) is 15.4. The van der Waals surface area contributed by atoms with E-state index in [1.165, 1.54) is 18.4 Å². The second kappa shape index (κ2) is 5.42. The number of halogens is 1. The fourth-order valence-corrected chi connectivity index (χ4v) is 1.51. The molecular formula is C12H11FN2O3. The highest BCUT2D eigenvalue weighted by Crippen LogP contribution is 2.10. The molecule has 18 heavy (non-hydrogen) atoms. The number of carbonyl (C=O) groups is 1. The Kier molecular flexibility index (Phi) is 3.69. The summed E-state index contributed by atoms with van der Waals surface area (Å²) in [7, 11) is 0. The van der Waals surface area contributed by atoms with E-state index in [1.54, 1.807) is 12.1 Å². The minimum Gasteiger partial charge on any atom is -0.478 e. The molecule has 0 saturated carbocycles. The van der Waals surface area contributed by atoms with E-state index in [1.807, 2.05) is 0 Å². The van der Waals surface area contributed by atoms with E-state index < -0.39 is 11.8 Å². The van der Waals surface area contributed by atoms with Crippen LogP contribution in [0.5, 0.6) is 0 Å². The maximum Gasteiger partial charge on any atom is 0.338 e. The molecule has 94 valence electrons. The van der Waals surface area contributed by atoms with Crippen LogP contribution >= 0.6 is 0 Å². The number of carboxylic acids is 1. The smallest absolute Gasteiger partial charge is 0.338 e. The van der Waals surface area contributed by atoms with Crippen LogP contribution < -0.4 is 5.32 Å². The van der Waals surface area contributed by atoms with Crippen LogP contribution in [0.25, 0.3) is 0 Å². The monoisotopic (exact) mass is 250 g/mol. The normalized spacial score (nSPS) is 10.5. The number of rotatable bonds is 5. The molecule has 1 aromatic carbocycles. The number of carboxylic acid groups (broad SMARTS) is 1. The SMILES string of the molecule is O=C(O)c1ccc(CNCc2ccon2)cc1F. The molecule has 0 atom stereocenters. The maximum absolute atomic E-state index is 13.4. The molecule has 2 rings (SSSR count). The van der Waals surface area contributed by atoms with Crippen LogP contribution in [0.3, 0.4) is 0 Å². The average Bonchev–Trinajstić information content (AvgIpc) is 2.81. The topological polar surface area (TPSA) is 75.4 Å². The molecule has 0 bridgehead atoms. The Balaban J connectivity index is 1.94. The van der Waals surface area contributed by atoms with Gasteiger partial charge >= 0.3 is 5.97 Å². The minimum absolute atomic E-state index is 0.324. The van der Waals surface area contributed by atoms with Gasteiger partial charge in [-0.05, 0) is 17.7 Å². The summed E-state index contributed by atoms with van der Waals surface area (Å²) in [5.74, 6) is -2.00. The van der Waals surface area contributed by atoms with Crippen molar-refractivity contribution in [3.63, 3.8) is 0 Å². The average molecular weight is 250 g/mol. The van der Waals surface area contributed by atoms with Crippen LogP contribution in [-0.4, -0.2) is 16.2 Å². The minimum atomic E-state index is -1.27. The Morgan fingerprint density at radius 3 is 2.83 bits per heavy atom. The quantitative estimate of drug-likeness (QED) is 0.846. The van der Waals surface area contributed by atoms with Gasteiger partial charge in [0.1, 0.15) is 12.1 Å². The van der Waals surface area contributed by atoms with Crippen molar-refractivity contribution in [2.24, 2.45) is 0 Å². The van der Waals surface area contributed by atoms with E-state index in [0.29, 0.717) is 18.7 Å². The van der Waals surface area contributed by atoms with Gasteiger partial charge in [-0.25, -0.2) is 9.18 Å². The Labute approximate surface area is 102 Å². The predicted octanol–water partition coefficient (Wildman–Crippen LogP) is 1.80. The van der Waals surface area contributed by atoms with Crippen LogP contribution in [0.4, 0.5) is 4.39 Å². The molecule has 2 N–H and O–H groups in total. The molecule has 1 aromatic heterocycles. The molecule has 0 amide bonds. The molecule has 6 heteroatoms. The third kappa shape index (κ3) is 2.92. The lowest BCUT2D eigenvalue weighted by molar-refractivity contribution is 0.0692. The van der Waals surface area contributed by atoms with Gasteiger partial charge in [0, 0.05) is 19.2 Å². The Hall–Kier alpha value is -2.21. The van der Waals surface area contributed by atoms with Crippen molar-refractivity contribution < 1.29 is 18.8 Å². The van der Waals surface area contributed by atoms with Crippen molar-refractivity contribution in [3.8, 4) is 0 Å². The summed E-state index contributed by atoms with van der Waals surface area (Å²) in [6, 6.07) is 5.76. The van der Waals surface area contributed by atoms with Crippen molar-refractivity contribution in [2.45, 2.75) is 13.1 Å². The molecule has 0 spiro atoms. The number of nitrogens with zero attached hydrogens (tertiary/aromatic N) is 1. The van der Waals surface area contributed by atoms with E-state index in [2.05, 4.69) is 15.0 Å². The number of aromatic nitrogens is 1. The van der Waals surface area contributed by atoms with Crippen LogP contribution in [0.15, 0.2) is 35.1 Å². The molecule has 0 saturated heterocycles. The van der Waals surface area contributed by atoms with Crippen LogP contribution in [0, 0.1) is 5.82 Å². The molecular weight excluding hydrogens is 239 g/mol. The number of hydrogen-bond donors (Lipinski definition) is 2. The maximum atomic E-state index is 13.4. The van der Waals surface area contributed by atoms with Gasteiger partial charge in [0.2, 0.25) is 0 Å². The van der Waals surface area contributed by atoms with Gasteiger partial charge in [0.05, 0.1) is 11.3 Å². The molecule has 0 aliphatic rings. The molecule has 1 heterocycles. The molecule has 0 aliphatic heterocycles. The highest BCUT2D eigenvalue weighted by Gasteiger charge is 2.10. The third-order valence-electron chi connectivity index (χ3n) is 2.39. The number of nitrogens with one attached hydrogen (secondary N) is 1. The van der Waals surface area contributed by atoms with Gasteiger partial charge in [-0.15, -0.1) is 0 Å². The second-order valence-electron chi connectivity index (χ2n) is 3.71. The summed E-state index contributed by atoms with van der Waals surface area (Å²) >= 11 is 0. The summed E-state index contributed by atoms with van der Waals surface area (Å²) in [4.78, 5) is 10.6. The molecule has 0 radical (unpaired) electrons. The highest BCUT2D eigenvalue weighted by molar-refractivity contribution is 5.87. The summed E-state index contributed by atoms with van der Waals surface area (Å²) in [6.07, 6.45) is 1.47. The van der Waals surface area contributed by atoms with E-state index in [4.69, 9.17) is 5.11 Å².